The summed E-state index contributed by atoms with van der Waals surface area (Å²) in [5.41, 5.74) is 2.59. The summed E-state index contributed by atoms with van der Waals surface area (Å²) in [6, 6.07) is 14.8. The molecule has 0 radical (unpaired) electrons. The molecule has 1 aliphatic heterocycles. The monoisotopic (exact) mass is 339 g/mol. The molecule has 0 bridgehead atoms. The Hall–Kier alpha value is -3.02. The van der Waals surface area contributed by atoms with Crippen molar-refractivity contribution >= 4 is 23.3 Å². The van der Waals surface area contributed by atoms with E-state index in [-0.39, 0.29) is 18.5 Å². The summed E-state index contributed by atoms with van der Waals surface area (Å²) in [5.74, 6) is 0.341. The highest BCUT2D eigenvalue weighted by atomic mass is 16.5. The summed E-state index contributed by atoms with van der Waals surface area (Å²) in [5, 5.41) is 2.79. The fraction of sp³-hybridized carbons (Fsp3) is 0.263. The first-order valence-electron chi connectivity index (χ1n) is 8.14. The number of amides is 3. The molecule has 0 saturated carbocycles. The normalized spacial score (nSPS) is 13.9. The SMILES string of the molecule is COc1ccccc1NC(=O)CN1CCN(c2ccc(C)cc2)C1=O. The lowest BCUT2D eigenvalue weighted by molar-refractivity contribution is -0.116. The van der Waals surface area contributed by atoms with Crippen LogP contribution in [-0.4, -0.2) is 43.6 Å². The average Bonchev–Trinajstić information content (AvgIpc) is 2.97. The smallest absolute Gasteiger partial charge is 0.325 e. The standard InChI is InChI=1S/C19H21N3O3/c1-14-7-9-15(10-8-14)22-12-11-21(19(22)24)13-18(23)20-16-5-3-4-6-17(16)25-2/h3-10H,11-13H2,1-2H3,(H,20,23). The summed E-state index contributed by atoms with van der Waals surface area (Å²) >= 11 is 0. The van der Waals surface area contributed by atoms with Gasteiger partial charge in [0.15, 0.2) is 0 Å². The molecule has 0 aliphatic carbocycles. The largest absolute Gasteiger partial charge is 0.495 e. The molecule has 25 heavy (non-hydrogen) atoms. The highest BCUT2D eigenvalue weighted by Gasteiger charge is 2.30. The van der Waals surface area contributed by atoms with E-state index in [1.54, 1.807) is 29.0 Å². The molecule has 0 atom stereocenters. The maximum absolute atomic E-state index is 12.5. The van der Waals surface area contributed by atoms with E-state index in [1.807, 2.05) is 43.3 Å². The third-order valence-corrected chi connectivity index (χ3v) is 4.16. The number of benzene rings is 2. The third kappa shape index (κ3) is 3.74. The number of hydrogen-bond donors (Lipinski definition) is 1. The fourth-order valence-corrected chi connectivity index (χ4v) is 2.80. The molecule has 130 valence electrons. The van der Waals surface area contributed by atoms with Gasteiger partial charge in [-0.15, -0.1) is 0 Å². The van der Waals surface area contributed by atoms with Crippen molar-refractivity contribution in [2.75, 3.05) is 37.0 Å². The molecule has 2 aromatic rings. The number of nitrogens with zero attached hydrogens (tertiary/aromatic N) is 2. The highest BCUT2D eigenvalue weighted by Crippen LogP contribution is 2.24. The number of hydrogen-bond acceptors (Lipinski definition) is 3. The molecule has 1 fully saturated rings. The van der Waals surface area contributed by atoms with Gasteiger partial charge < -0.3 is 15.0 Å². The average molecular weight is 339 g/mol. The zero-order valence-corrected chi connectivity index (χ0v) is 14.4. The Labute approximate surface area is 147 Å². The molecule has 1 aliphatic rings. The van der Waals surface area contributed by atoms with Gasteiger partial charge in [-0.05, 0) is 31.2 Å². The van der Waals surface area contributed by atoms with Crippen molar-refractivity contribution in [1.82, 2.24) is 4.90 Å². The first kappa shape index (κ1) is 16.8. The molecule has 0 unspecified atom stereocenters. The molecule has 6 nitrogen and oxygen atoms in total. The predicted octanol–water partition coefficient (Wildman–Crippen LogP) is 2.88. The van der Waals surface area contributed by atoms with Gasteiger partial charge in [0.2, 0.25) is 5.91 Å². The molecule has 0 spiro atoms. The number of ether oxygens (including phenoxy) is 1. The lowest BCUT2D eigenvalue weighted by atomic mass is 10.2. The zero-order chi connectivity index (χ0) is 17.8. The van der Waals surface area contributed by atoms with E-state index in [4.69, 9.17) is 4.74 Å². The fourth-order valence-electron chi connectivity index (χ4n) is 2.80. The Morgan fingerprint density at radius 3 is 2.56 bits per heavy atom. The van der Waals surface area contributed by atoms with Crippen LogP contribution in [0.3, 0.4) is 0 Å². The van der Waals surface area contributed by atoms with Gasteiger partial charge >= 0.3 is 6.03 Å². The van der Waals surface area contributed by atoms with Gasteiger partial charge in [0.05, 0.1) is 12.8 Å². The van der Waals surface area contributed by atoms with Crippen LogP contribution in [-0.2, 0) is 4.79 Å². The van der Waals surface area contributed by atoms with Gasteiger partial charge in [0.25, 0.3) is 0 Å². The van der Waals surface area contributed by atoms with E-state index in [2.05, 4.69) is 5.32 Å². The minimum atomic E-state index is -0.247. The van der Waals surface area contributed by atoms with Crippen molar-refractivity contribution in [1.29, 1.82) is 0 Å². The lowest BCUT2D eigenvalue weighted by Gasteiger charge is -2.19. The zero-order valence-electron chi connectivity index (χ0n) is 14.4. The second-order valence-corrected chi connectivity index (χ2v) is 5.94. The summed E-state index contributed by atoms with van der Waals surface area (Å²) in [6.07, 6.45) is 0. The first-order valence-corrected chi connectivity index (χ1v) is 8.14. The molecule has 1 saturated heterocycles. The molecule has 0 aromatic heterocycles. The minimum absolute atomic E-state index is 0.0131. The molecular formula is C19H21N3O3. The Kier molecular flexibility index (Phi) is 4.88. The van der Waals surface area contributed by atoms with E-state index in [9.17, 15) is 9.59 Å². The maximum Gasteiger partial charge on any atom is 0.325 e. The van der Waals surface area contributed by atoms with Gasteiger partial charge in [-0.25, -0.2) is 4.79 Å². The molecule has 1 N–H and O–H groups in total. The van der Waals surface area contributed by atoms with Crippen LogP contribution in [0.1, 0.15) is 5.56 Å². The Morgan fingerprint density at radius 1 is 1.12 bits per heavy atom. The number of anilines is 2. The number of methoxy groups -OCH3 is 1. The summed E-state index contributed by atoms with van der Waals surface area (Å²) in [6.45, 7) is 3.11. The van der Waals surface area contributed by atoms with Crippen molar-refractivity contribution in [3.05, 3.63) is 54.1 Å². The number of para-hydroxylation sites is 2. The minimum Gasteiger partial charge on any atom is -0.495 e. The van der Waals surface area contributed by atoms with Gasteiger partial charge in [0, 0.05) is 18.8 Å². The quantitative estimate of drug-likeness (QED) is 0.911. The molecular weight excluding hydrogens is 318 g/mol. The van der Waals surface area contributed by atoms with E-state index in [0.717, 1.165) is 11.3 Å². The van der Waals surface area contributed by atoms with Crippen LogP contribution in [0, 0.1) is 6.92 Å². The number of nitrogens with one attached hydrogen (secondary N) is 1. The number of aryl methyl sites for hydroxylation is 1. The first-order chi connectivity index (χ1) is 12.1. The second kappa shape index (κ2) is 7.25. The van der Waals surface area contributed by atoms with Gasteiger partial charge in [0.1, 0.15) is 12.3 Å². The van der Waals surface area contributed by atoms with Gasteiger partial charge in [-0.3, -0.25) is 9.69 Å². The van der Waals surface area contributed by atoms with Crippen molar-refractivity contribution in [3.63, 3.8) is 0 Å². The topological polar surface area (TPSA) is 61.9 Å². The molecule has 6 heteroatoms. The van der Waals surface area contributed by atoms with Crippen LogP contribution in [0.4, 0.5) is 16.2 Å². The van der Waals surface area contributed by atoms with Crippen LogP contribution >= 0.6 is 0 Å². The number of carbonyl (C=O) groups excluding carboxylic acids is 2. The molecule has 3 rings (SSSR count). The maximum atomic E-state index is 12.5. The Bertz CT molecular complexity index is 774. The van der Waals surface area contributed by atoms with Crippen LogP contribution < -0.4 is 15.0 Å². The lowest BCUT2D eigenvalue weighted by Crippen LogP contribution is -2.37. The van der Waals surface area contributed by atoms with Crippen LogP contribution in [0.15, 0.2) is 48.5 Å². The number of carbonyl (C=O) groups is 2. The Balaban J connectivity index is 1.62. The van der Waals surface area contributed by atoms with Crippen LogP contribution in [0.2, 0.25) is 0 Å². The third-order valence-electron chi connectivity index (χ3n) is 4.16. The van der Waals surface area contributed by atoms with Crippen molar-refractivity contribution in [2.24, 2.45) is 0 Å². The van der Waals surface area contributed by atoms with Crippen molar-refractivity contribution in [3.8, 4) is 5.75 Å². The van der Waals surface area contributed by atoms with Gasteiger partial charge in [-0.2, -0.15) is 0 Å². The van der Waals surface area contributed by atoms with Gasteiger partial charge in [-0.1, -0.05) is 29.8 Å². The summed E-state index contributed by atoms with van der Waals surface area (Å²) in [7, 11) is 1.55. The van der Waals surface area contributed by atoms with E-state index < -0.39 is 0 Å². The van der Waals surface area contributed by atoms with Crippen molar-refractivity contribution < 1.29 is 14.3 Å². The highest BCUT2D eigenvalue weighted by molar-refractivity contribution is 5.99. The predicted molar refractivity (Wildman–Crippen MR) is 97.1 cm³/mol. The number of rotatable bonds is 5. The summed E-state index contributed by atoms with van der Waals surface area (Å²) < 4.78 is 5.22. The molecule has 1 heterocycles. The summed E-state index contributed by atoms with van der Waals surface area (Å²) in [4.78, 5) is 28.1. The van der Waals surface area contributed by atoms with E-state index >= 15 is 0 Å². The molecule has 3 amide bonds. The van der Waals surface area contributed by atoms with Crippen LogP contribution in [0.5, 0.6) is 5.75 Å². The Morgan fingerprint density at radius 2 is 1.84 bits per heavy atom. The van der Waals surface area contributed by atoms with Crippen LogP contribution in [0.25, 0.3) is 0 Å². The molecule has 2 aromatic carbocycles. The van der Waals surface area contributed by atoms with Crippen molar-refractivity contribution in [2.45, 2.75) is 6.92 Å². The second-order valence-electron chi connectivity index (χ2n) is 5.94. The number of urea groups is 1. The van der Waals surface area contributed by atoms with E-state index in [1.165, 1.54) is 0 Å². The van der Waals surface area contributed by atoms with E-state index in [0.29, 0.717) is 24.5 Å².